The summed E-state index contributed by atoms with van der Waals surface area (Å²) >= 11 is 10.2. The SMILES string of the molecule is CCc1ccc(N2C(=O)/C(=C/c3cccc(OCC(=O)Nc4ccc(Br)c(C)c4)c3)SC2=S)cc1. The minimum atomic E-state index is -0.257. The van der Waals surface area contributed by atoms with Crippen LogP contribution in [-0.2, 0) is 16.0 Å². The number of aryl methyl sites for hydroxylation is 2. The van der Waals surface area contributed by atoms with Gasteiger partial charge in [-0.15, -0.1) is 0 Å². The van der Waals surface area contributed by atoms with Gasteiger partial charge in [-0.2, -0.15) is 0 Å². The van der Waals surface area contributed by atoms with Gasteiger partial charge in [0.25, 0.3) is 11.8 Å². The average molecular weight is 568 g/mol. The Morgan fingerprint density at radius 1 is 1.14 bits per heavy atom. The Balaban J connectivity index is 1.41. The van der Waals surface area contributed by atoms with E-state index in [1.807, 2.05) is 61.5 Å². The smallest absolute Gasteiger partial charge is 0.270 e. The molecule has 8 heteroatoms. The van der Waals surface area contributed by atoms with E-state index < -0.39 is 0 Å². The van der Waals surface area contributed by atoms with Crippen LogP contribution >= 0.6 is 39.9 Å². The molecule has 0 aromatic heterocycles. The molecule has 2 amide bonds. The van der Waals surface area contributed by atoms with Crippen LogP contribution in [0.5, 0.6) is 5.75 Å². The molecule has 1 aliphatic rings. The van der Waals surface area contributed by atoms with Gasteiger partial charge in [0.2, 0.25) is 0 Å². The van der Waals surface area contributed by atoms with Crippen LogP contribution < -0.4 is 15.0 Å². The van der Waals surface area contributed by atoms with Gasteiger partial charge in [0.15, 0.2) is 10.9 Å². The van der Waals surface area contributed by atoms with E-state index in [4.69, 9.17) is 17.0 Å². The molecule has 35 heavy (non-hydrogen) atoms. The molecule has 0 bridgehead atoms. The van der Waals surface area contributed by atoms with Crippen LogP contribution in [0.2, 0.25) is 0 Å². The van der Waals surface area contributed by atoms with Crippen molar-refractivity contribution in [3.8, 4) is 5.75 Å². The lowest BCUT2D eigenvalue weighted by Crippen LogP contribution is -2.27. The van der Waals surface area contributed by atoms with Crippen molar-refractivity contribution in [3.63, 3.8) is 0 Å². The van der Waals surface area contributed by atoms with Crippen molar-refractivity contribution >= 4 is 73.5 Å². The second-order valence-electron chi connectivity index (χ2n) is 7.91. The fourth-order valence-electron chi connectivity index (χ4n) is 3.48. The molecule has 0 saturated carbocycles. The van der Waals surface area contributed by atoms with Crippen molar-refractivity contribution in [2.75, 3.05) is 16.8 Å². The van der Waals surface area contributed by atoms with Crippen molar-refractivity contribution in [1.29, 1.82) is 0 Å². The summed E-state index contributed by atoms with van der Waals surface area (Å²) in [5.41, 5.74) is 4.48. The maximum Gasteiger partial charge on any atom is 0.270 e. The summed E-state index contributed by atoms with van der Waals surface area (Å²) in [6.07, 6.45) is 2.72. The molecule has 0 atom stereocenters. The molecular formula is C27H23BrN2O3S2. The molecule has 4 rings (SSSR count). The Kier molecular flexibility index (Phi) is 8.05. The largest absolute Gasteiger partial charge is 0.484 e. The molecule has 3 aromatic carbocycles. The second kappa shape index (κ2) is 11.2. The number of carbonyl (C=O) groups excluding carboxylic acids is 2. The highest BCUT2D eigenvalue weighted by atomic mass is 79.9. The Morgan fingerprint density at radius 3 is 2.63 bits per heavy atom. The summed E-state index contributed by atoms with van der Waals surface area (Å²) < 4.78 is 7.16. The van der Waals surface area contributed by atoms with Gasteiger partial charge in [0, 0.05) is 10.2 Å². The highest BCUT2D eigenvalue weighted by Crippen LogP contribution is 2.36. The maximum absolute atomic E-state index is 13.1. The lowest BCUT2D eigenvalue weighted by atomic mass is 10.1. The van der Waals surface area contributed by atoms with Gasteiger partial charge in [-0.05, 0) is 78.6 Å². The molecule has 0 spiro atoms. The van der Waals surface area contributed by atoms with Gasteiger partial charge in [-0.3, -0.25) is 14.5 Å². The van der Waals surface area contributed by atoms with Crippen LogP contribution in [-0.4, -0.2) is 22.7 Å². The van der Waals surface area contributed by atoms with Gasteiger partial charge < -0.3 is 10.1 Å². The molecule has 1 N–H and O–H groups in total. The highest BCUT2D eigenvalue weighted by molar-refractivity contribution is 9.10. The summed E-state index contributed by atoms with van der Waals surface area (Å²) in [6, 6.07) is 20.7. The third kappa shape index (κ3) is 6.20. The highest BCUT2D eigenvalue weighted by Gasteiger charge is 2.33. The van der Waals surface area contributed by atoms with Gasteiger partial charge in [0.1, 0.15) is 5.75 Å². The van der Waals surface area contributed by atoms with Crippen LogP contribution in [0.3, 0.4) is 0 Å². The molecular weight excluding hydrogens is 544 g/mol. The minimum Gasteiger partial charge on any atom is -0.484 e. The number of anilines is 2. The zero-order valence-electron chi connectivity index (χ0n) is 19.2. The number of nitrogens with one attached hydrogen (secondary N) is 1. The zero-order chi connectivity index (χ0) is 24.9. The molecule has 3 aromatic rings. The third-order valence-electron chi connectivity index (χ3n) is 5.36. The predicted octanol–water partition coefficient (Wildman–Crippen LogP) is 6.74. The van der Waals surface area contributed by atoms with E-state index >= 15 is 0 Å². The molecule has 0 radical (unpaired) electrons. The number of thioether (sulfide) groups is 1. The third-order valence-corrected chi connectivity index (χ3v) is 7.56. The van der Waals surface area contributed by atoms with Crippen molar-refractivity contribution in [2.24, 2.45) is 0 Å². The quantitative estimate of drug-likeness (QED) is 0.253. The van der Waals surface area contributed by atoms with Crippen LogP contribution in [0.4, 0.5) is 11.4 Å². The topological polar surface area (TPSA) is 58.6 Å². The first kappa shape index (κ1) is 25.2. The van der Waals surface area contributed by atoms with Crippen molar-refractivity contribution < 1.29 is 14.3 Å². The predicted molar refractivity (Wildman–Crippen MR) is 151 cm³/mol. The number of thiocarbonyl (C=S) groups is 1. The number of hydrogen-bond acceptors (Lipinski definition) is 5. The molecule has 1 aliphatic heterocycles. The van der Waals surface area contributed by atoms with E-state index in [2.05, 4.69) is 28.2 Å². The summed E-state index contributed by atoms with van der Waals surface area (Å²) in [5.74, 6) is 0.123. The molecule has 1 fully saturated rings. The van der Waals surface area contributed by atoms with Gasteiger partial charge in [-0.25, -0.2) is 0 Å². The van der Waals surface area contributed by atoms with Crippen molar-refractivity contribution in [3.05, 3.63) is 92.8 Å². The number of ether oxygens (including phenoxy) is 1. The van der Waals surface area contributed by atoms with E-state index in [0.29, 0.717) is 20.7 Å². The fourth-order valence-corrected chi connectivity index (χ4v) is 5.03. The standard InChI is InChI=1S/C27H23BrN2O3S2/c1-3-18-7-10-21(11-8-18)30-26(32)24(35-27(30)34)15-19-5-4-6-22(14-19)33-16-25(31)29-20-9-12-23(28)17(2)13-20/h4-15H,3,16H2,1-2H3,(H,29,31)/b24-15-. The number of benzene rings is 3. The first-order valence-corrected chi connectivity index (χ1v) is 13.0. The van der Waals surface area contributed by atoms with E-state index in [1.54, 1.807) is 23.1 Å². The lowest BCUT2D eigenvalue weighted by molar-refractivity contribution is -0.118. The van der Waals surface area contributed by atoms with E-state index in [-0.39, 0.29) is 18.4 Å². The number of carbonyl (C=O) groups is 2. The van der Waals surface area contributed by atoms with E-state index in [0.717, 1.165) is 27.7 Å². The Labute approximate surface area is 222 Å². The summed E-state index contributed by atoms with van der Waals surface area (Å²) in [6.45, 7) is 3.91. The summed E-state index contributed by atoms with van der Waals surface area (Å²) in [4.78, 5) is 27.5. The van der Waals surface area contributed by atoms with Crippen molar-refractivity contribution in [2.45, 2.75) is 20.3 Å². The molecule has 0 aliphatic carbocycles. The molecule has 1 heterocycles. The molecule has 5 nitrogen and oxygen atoms in total. The molecule has 1 saturated heterocycles. The lowest BCUT2D eigenvalue weighted by Gasteiger charge is -2.14. The van der Waals surface area contributed by atoms with Crippen LogP contribution in [0, 0.1) is 6.92 Å². The monoisotopic (exact) mass is 566 g/mol. The Morgan fingerprint density at radius 2 is 1.91 bits per heavy atom. The van der Waals surface area contributed by atoms with Crippen LogP contribution in [0.25, 0.3) is 6.08 Å². The summed E-state index contributed by atoms with van der Waals surface area (Å²) in [5, 5.41) is 2.83. The van der Waals surface area contributed by atoms with Crippen molar-refractivity contribution in [1.82, 2.24) is 0 Å². The van der Waals surface area contributed by atoms with Gasteiger partial charge in [0.05, 0.1) is 10.6 Å². The Bertz CT molecular complexity index is 1320. The first-order chi connectivity index (χ1) is 16.8. The van der Waals surface area contributed by atoms with E-state index in [1.165, 1.54) is 17.3 Å². The maximum atomic E-state index is 13.1. The number of hydrogen-bond donors (Lipinski definition) is 1. The molecule has 0 unspecified atom stereocenters. The number of halogens is 1. The average Bonchev–Trinajstić information content (AvgIpc) is 3.13. The second-order valence-corrected chi connectivity index (χ2v) is 10.4. The molecule has 178 valence electrons. The van der Waals surface area contributed by atoms with Crippen LogP contribution in [0.1, 0.15) is 23.6 Å². The van der Waals surface area contributed by atoms with Gasteiger partial charge in [-0.1, -0.05) is 71.1 Å². The Hall–Kier alpha value is -2.94. The number of rotatable bonds is 7. The van der Waals surface area contributed by atoms with Crippen LogP contribution in [0.15, 0.2) is 76.1 Å². The minimum absolute atomic E-state index is 0.131. The number of amides is 2. The summed E-state index contributed by atoms with van der Waals surface area (Å²) in [7, 11) is 0. The van der Waals surface area contributed by atoms with Gasteiger partial charge >= 0.3 is 0 Å². The number of nitrogens with zero attached hydrogens (tertiary/aromatic N) is 1. The van der Waals surface area contributed by atoms with E-state index in [9.17, 15) is 9.59 Å². The fraction of sp³-hybridized carbons (Fsp3) is 0.148. The first-order valence-electron chi connectivity index (χ1n) is 11.0. The normalized spacial score (nSPS) is 14.5. The zero-order valence-corrected chi connectivity index (χ0v) is 22.4.